The summed E-state index contributed by atoms with van der Waals surface area (Å²) in [6.07, 6.45) is 5.39. The Balaban J connectivity index is 2.40. The number of fused-ring (bicyclic) bond motifs is 1. The first kappa shape index (κ1) is 11.6. The molecule has 1 unspecified atom stereocenters. The van der Waals surface area contributed by atoms with E-state index in [-0.39, 0.29) is 0 Å². The van der Waals surface area contributed by atoms with Gasteiger partial charge in [0.1, 0.15) is 0 Å². The summed E-state index contributed by atoms with van der Waals surface area (Å²) in [5, 5.41) is 0. The van der Waals surface area contributed by atoms with Crippen LogP contribution in [-0.2, 0) is 4.79 Å². The summed E-state index contributed by atoms with van der Waals surface area (Å²) in [6.45, 7) is 8.80. The van der Waals surface area contributed by atoms with Crippen LogP contribution in [0.4, 0.5) is 0 Å². The van der Waals surface area contributed by atoms with Crippen LogP contribution >= 0.6 is 0 Å². The molecule has 0 aromatic carbocycles. The average Bonchev–Trinajstić information content (AvgIpc) is 2.21. The molecule has 0 aromatic heterocycles. The zero-order valence-corrected chi connectivity index (χ0v) is 10.8. The van der Waals surface area contributed by atoms with Crippen molar-refractivity contribution in [2.45, 2.75) is 47.0 Å². The number of carbonyl (C=O) groups is 1. The van der Waals surface area contributed by atoms with Crippen LogP contribution in [0.1, 0.15) is 47.0 Å². The van der Waals surface area contributed by atoms with Crippen molar-refractivity contribution < 1.29 is 4.79 Å². The maximum absolute atomic E-state index is 11.8. The van der Waals surface area contributed by atoms with Gasteiger partial charge in [0.05, 0.1) is 0 Å². The van der Waals surface area contributed by atoms with Crippen molar-refractivity contribution in [2.24, 2.45) is 17.8 Å². The minimum absolute atomic E-state index is 0.329. The molecular formula is C15H22O. The Morgan fingerprint density at radius 3 is 2.62 bits per heavy atom. The molecule has 2 aliphatic carbocycles. The number of ketones is 1. The zero-order valence-electron chi connectivity index (χ0n) is 10.8. The molecule has 1 nitrogen and oxygen atoms in total. The highest BCUT2D eigenvalue weighted by Gasteiger charge is 2.34. The number of Topliss-reactive ketones (excluding diaryl/α,β-unsaturated/α-hetero) is 1. The lowest BCUT2D eigenvalue weighted by Gasteiger charge is -2.38. The Morgan fingerprint density at radius 2 is 2.00 bits per heavy atom. The Bertz CT molecular complexity index is 371. The molecule has 0 heterocycles. The summed E-state index contributed by atoms with van der Waals surface area (Å²) < 4.78 is 0. The molecule has 1 heteroatoms. The molecular weight excluding hydrogens is 196 g/mol. The van der Waals surface area contributed by atoms with Gasteiger partial charge in [0.15, 0.2) is 5.78 Å². The molecule has 0 aliphatic heterocycles. The predicted molar refractivity (Wildman–Crippen MR) is 67.1 cm³/mol. The van der Waals surface area contributed by atoms with Crippen LogP contribution in [0.3, 0.4) is 0 Å². The Kier molecular flexibility index (Phi) is 3.05. The van der Waals surface area contributed by atoms with Gasteiger partial charge in [-0.1, -0.05) is 31.1 Å². The molecule has 16 heavy (non-hydrogen) atoms. The summed E-state index contributed by atoms with van der Waals surface area (Å²) in [7, 11) is 0. The van der Waals surface area contributed by atoms with Crippen LogP contribution < -0.4 is 0 Å². The van der Waals surface area contributed by atoms with E-state index in [1.54, 1.807) is 0 Å². The molecule has 0 spiro atoms. The van der Waals surface area contributed by atoms with Crippen LogP contribution in [0.25, 0.3) is 0 Å². The van der Waals surface area contributed by atoms with Gasteiger partial charge in [-0.05, 0) is 44.1 Å². The van der Waals surface area contributed by atoms with Crippen molar-refractivity contribution >= 4 is 5.78 Å². The molecule has 2 aliphatic rings. The van der Waals surface area contributed by atoms with E-state index in [4.69, 9.17) is 0 Å². The summed E-state index contributed by atoms with van der Waals surface area (Å²) in [6, 6.07) is 0. The van der Waals surface area contributed by atoms with E-state index < -0.39 is 0 Å². The monoisotopic (exact) mass is 218 g/mol. The van der Waals surface area contributed by atoms with Crippen molar-refractivity contribution in [3.8, 4) is 0 Å². The summed E-state index contributed by atoms with van der Waals surface area (Å²) >= 11 is 0. The minimum atomic E-state index is 0.329. The quantitative estimate of drug-likeness (QED) is 0.610. The second kappa shape index (κ2) is 4.20. The number of hydrogen-bond donors (Lipinski definition) is 0. The topological polar surface area (TPSA) is 17.1 Å². The molecule has 0 fully saturated rings. The smallest absolute Gasteiger partial charge is 0.162 e. The Labute approximate surface area is 98.6 Å². The highest BCUT2D eigenvalue weighted by molar-refractivity contribution is 5.97. The van der Waals surface area contributed by atoms with Crippen molar-refractivity contribution in [2.75, 3.05) is 0 Å². The van der Waals surface area contributed by atoms with E-state index in [9.17, 15) is 4.79 Å². The first-order chi connectivity index (χ1) is 7.50. The van der Waals surface area contributed by atoms with Crippen LogP contribution in [0.2, 0.25) is 0 Å². The lowest BCUT2D eigenvalue weighted by molar-refractivity contribution is -0.115. The van der Waals surface area contributed by atoms with Gasteiger partial charge in [-0.25, -0.2) is 0 Å². The van der Waals surface area contributed by atoms with Gasteiger partial charge in [0.25, 0.3) is 0 Å². The molecule has 0 aromatic rings. The Morgan fingerprint density at radius 1 is 1.31 bits per heavy atom. The molecule has 0 radical (unpaired) electrons. The van der Waals surface area contributed by atoms with Gasteiger partial charge in [0, 0.05) is 12.3 Å². The van der Waals surface area contributed by atoms with E-state index in [0.717, 1.165) is 11.5 Å². The molecule has 0 bridgehead atoms. The highest BCUT2D eigenvalue weighted by Crippen LogP contribution is 2.43. The van der Waals surface area contributed by atoms with Crippen molar-refractivity contribution in [3.63, 3.8) is 0 Å². The molecule has 2 atom stereocenters. The van der Waals surface area contributed by atoms with E-state index >= 15 is 0 Å². The van der Waals surface area contributed by atoms with Gasteiger partial charge >= 0.3 is 0 Å². The van der Waals surface area contributed by atoms with E-state index in [1.807, 2.05) is 6.92 Å². The van der Waals surface area contributed by atoms with Crippen LogP contribution in [-0.4, -0.2) is 5.78 Å². The number of carbonyl (C=O) groups excluding carboxylic acids is 1. The normalized spacial score (nSPS) is 30.6. The molecule has 0 saturated carbocycles. The van der Waals surface area contributed by atoms with Gasteiger partial charge in [-0.15, -0.1) is 0 Å². The Hall–Kier alpha value is -0.850. The lowest BCUT2D eigenvalue weighted by atomic mass is 9.66. The highest BCUT2D eigenvalue weighted by atomic mass is 16.1. The molecule has 0 amide bonds. The molecule has 2 rings (SSSR count). The van der Waals surface area contributed by atoms with Crippen molar-refractivity contribution in [1.82, 2.24) is 0 Å². The average molecular weight is 218 g/mol. The van der Waals surface area contributed by atoms with Gasteiger partial charge < -0.3 is 0 Å². The fourth-order valence-electron chi connectivity index (χ4n) is 3.18. The van der Waals surface area contributed by atoms with Crippen LogP contribution in [0, 0.1) is 17.8 Å². The largest absolute Gasteiger partial charge is 0.294 e. The van der Waals surface area contributed by atoms with E-state index in [1.165, 1.54) is 24.0 Å². The first-order valence-electron chi connectivity index (χ1n) is 6.41. The third-order valence-corrected chi connectivity index (χ3v) is 4.34. The summed E-state index contributed by atoms with van der Waals surface area (Å²) in [4.78, 5) is 11.8. The van der Waals surface area contributed by atoms with Gasteiger partial charge in [0.2, 0.25) is 0 Å². The SMILES string of the molecule is CC1=CC2C(=C(C)CC[C@H]2C(C)C)CC1=O. The summed E-state index contributed by atoms with van der Waals surface area (Å²) in [5.74, 6) is 2.33. The summed E-state index contributed by atoms with van der Waals surface area (Å²) in [5.41, 5.74) is 3.88. The standard InChI is InChI=1S/C15H22O/c1-9(2)12-6-5-10(3)13-8-15(16)11(4)7-14(12)13/h7,9,12,14H,5-6,8H2,1-4H3/t12-,14?/m0/s1. The molecule has 88 valence electrons. The maximum atomic E-state index is 11.8. The molecule has 0 N–H and O–H groups in total. The third-order valence-electron chi connectivity index (χ3n) is 4.34. The van der Waals surface area contributed by atoms with Gasteiger partial charge in [-0.3, -0.25) is 4.79 Å². The number of rotatable bonds is 1. The van der Waals surface area contributed by atoms with Crippen molar-refractivity contribution in [1.29, 1.82) is 0 Å². The second-order valence-corrected chi connectivity index (χ2v) is 5.73. The van der Waals surface area contributed by atoms with Crippen LogP contribution in [0.5, 0.6) is 0 Å². The minimum Gasteiger partial charge on any atom is -0.294 e. The lowest BCUT2D eigenvalue weighted by Crippen LogP contribution is -2.29. The maximum Gasteiger partial charge on any atom is 0.162 e. The number of allylic oxidation sites excluding steroid dienone is 4. The fraction of sp³-hybridized carbons (Fsp3) is 0.667. The van der Waals surface area contributed by atoms with E-state index in [0.29, 0.717) is 24.0 Å². The van der Waals surface area contributed by atoms with E-state index in [2.05, 4.69) is 26.8 Å². The third kappa shape index (κ3) is 1.88. The predicted octanol–water partition coefficient (Wildman–Crippen LogP) is 3.90. The van der Waals surface area contributed by atoms with Gasteiger partial charge in [-0.2, -0.15) is 0 Å². The molecule has 0 saturated heterocycles. The van der Waals surface area contributed by atoms with Crippen molar-refractivity contribution in [3.05, 3.63) is 22.8 Å². The zero-order chi connectivity index (χ0) is 11.9. The van der Waals surface area contributed by atoms with Crippen LogP contribution in [0.15, 0.2) is 22.8 Å². The fourth-order valence-corrected chi connectivity index (χ4v) is 3.18. The number of hydrogen-bond acceptors (Lipinski definition) is 1. The second-order valence-electron chi connectivity index (χ2n) is 5.73. The first-order valence-corrected chi connectivity index (χ1v) is 6.41.